The van der Waals surface area contributed by atoms with Gasteiger partial charge in [-0.25, -0.2) is 4.79 Å². The van der Waals surface area contributed by atoms with Crippen LogP contribution in [0.2, 0.25) is 5.02 Å². The molecule has 23 heavy (non-hydrogen) atoms. The van der Waals surface area contributed by atoms with E-state index in [-0.39, 0.29) is 6.42 Å². The maximum Gasteiger partial charge on any atom is 0.334 e. The van der Waals surface area contributed by atoms with Gasteiger partial charge in [-0.05, 0) is 42.1 Å². The summed E-state index contributed by atoms with van der Waals surface area (Å²) < 4.78 is 3.77. The van der Waals surface area contributed by atoms with Gasteiger partial charge < -0.3 is 10.4 Å². The number of nitrogens with one attached hydrogen (secondary N) is 1. The molecule has 2 N–H and O–H groups in total. The Labute approximate surface area is 142 Å². The van der Waals surface area contributed by atoms with Gasteiger partial charge in [0.15, 0.2) is 5.54 Å². The van der Waals surface area contributed by atoms with E-state index in [0.717, 1.165) is 11.5 Å². The van der Waals surface area contributed by atoms with Crippen LogP contribution >= 0.6 is 23.1 Å². The maximum atomic E-state index is 12.5. The van der Waals surface area contributed by atoms with Gasteiger partial charge in [0.25, 0.3) is 5.91 Å². The Bertz CT molecular complexity index is 717. The molecule has 0 aliphatic heterocycles. The predicted molar refractivity (Wildman–Crippen MR) is 87.8 cm³/mol. The molecule has 0 aliphatic carbocycles. The highest BCUT2D eigenvalue weighted by Gasteiger charge is 2.41. The second-order valence-corrected chi connectivity index (χ2v) is 6.12. The molecule has 0 radical (unpaired) electrons. The van der Waals surface area contributed by atoms with Crippen LogP contribution in [0.4, 0.5) is 0 Å². The fourth-order valence-electron chi connectivity index (χ4n) is 2.29. The van der Waals surface area contributed by atoms with Gasteiger partial charge in [-0.1, -0.05) is 42.1 Å². The van der Waals surface area contributed by atoms with E-state index >= 15 is 0 Å². The highest BCUT2D eigenvalue weighted by Crippen LogP contribution is 2.28. The highest BCUT2D eigenvalue weighted by atomic mass is 35.5. The number of carbonyl (C=O) groups is 2. The molecule has 2 aromatic rings. The number of hydrogen-bond donors (Lipinski definition) is 2. The zero-order valence-electron chi connectivity index (χ0n) is 12.7. The summed E-state index contributed by atoms with van der Waals surface area (Å²) in [6, 6.07) is 6.40. The molecule has 0 saturated carbocycles. The third-order valence-electron chi connectivity index (χ3n) is 3.66. The number of aryl methyl sites for hydroxylation is 1. The smallest absolute Gasteiger partial charge is 0.334 e. The number of aromatic nitrogens is 2. The van der Waals surface area contributed by atoms with Gasteiger partial charge in [0.05, 0.1) is 5.69 Å². The van der Waals surface area contributed by atoms with Crippen molar-refractivity contribution in [2.24, 2.45) is 0 Å². The van der Waals surface area contributed by atoms with Crippen LogP contribution in [0.15, 0.2) is 24.3 Å². The fourth-order valence-corrected chi connectivity index (χ4v) is 3.06. The van der Waals surface area contributed by atoms with Gasteiger partial charge in [-0.3, -0.25) is 4.79 Å². The van der Waals surface area contributed by atoms with Crippen molar-refractivity contribution >= 4 is 35.0 Å². The van der Waals surface area contributed by atoms with Gasteiger partial charge in [-0.15, -0.1) is 5.10 Å². The predicted octanol–water partition coefficient (Wildman–Crippen LogP) is 2.87. The Morgan fingerprint density at radius 2 is 1.96 bits per heavy atom. The quantitative estimate of drug-likeness (QED) is 0.833. The molecule has 0 bridgehead atoms. The highest BCUT2D eigenvalue weighted by molar-refractivity contribution is 7.08. The van der Waals surface area contributed by atoms with Crippen molar-refractivity contribution in [1.82, 2.24) is 14.9 Å². The van der Waals surface area contributed by atoms with Crippen molar-refractivity contribution in [3.63, 3.8) is 0 Å². The number of carboxylic acid groups (broad SMARTS) is 1. The summed E-state index contributed by atoms with van der Waals surface area (Å²) >= 11 is 6.82. The van der Waals surface area contributed by atoms with Crippen LogP contribution in [0.25, 0.3) is 0 Å². The van der Waals surface area contributed by atoms with E-state index in [4.69, 9.17) is 11.6 Å². The van der Waals surface area contributed by atoms with E-state index in [0.29, 0.717) is 27.6 Å². The van der Waals surface area contributed by atoms with E-state index in [1.54, 1.807) is 31.2 Å². The van der Waals surface area contributed by atoms with Crippen LogP contribution in [-0.4, -0.2) is 26.6 Å². The molecule has 2 rings (SSSR count). The summed E-state index contributed by atoms with van der Waals surface area (Å²) in [5, 5.41) is 16.8. The number of hydrogen-bond acceptors (Lipinski definition) is 5. The third kappa shape index (κ3) is 3.35. The lowest BCUT2D eigenvalue weighted by atomic mass is 9.87. The largest absolute Gasteiger partial charge is 0.479 e. The Morgan fingerprint density at radius 1 is 1.30 bits per heavy atom. The normalized spacial score (nSPS) is 13.3. The summed E-state index contributed by atoms with van der Waals surface area (Å²) in [5.74, 6) is -1.62. The van der Waals surface area contributed by atoms with Crippen molar-refractivity contribution in [2.75, 3.05) is 0 Å². The fraction of sp³-hybridized carbons (Fsp3) is 0.333. The van der Waals surface area contributed by atoms with E-state index in [1.807, 2.05) is 6.92 Å². The van der Waals surface area contributed by atoms with Crippen LogP contribution in [-0.2, 0) is 16.8 Å². The molecule has 122 valence electrons. The summed E-state index contributed by atoms with van der Waals surface area (Å²) in [4.78, 5) is 24.8. The number of carboxylic acids is 1. The lowest BCUT2D eigenvalue weighted by molar-refractivity contribution is -0.145. The van der Waals surface area contributed by atoms with E-state index in [2.05, 4.69) is 14.9 Å². The van der Waals surface area contributed by atoms with Gasteiger partial charge in [0.1, 0.15) is 4.88 Å². The van der Waals surface area contributed by atoms with Crippen molar-refractivity contribution in [3.05, 3.63) is 45.4 Å². The number of rotatable bonds is 6. The molecule has 0 aliphatic rings. The number of nitrogens with zero attached hydrogens (tertiary/aromatic N) is 2. The number of amides is 1. The van der Waals surface area contributed by atoms with Gasteiger partial charge >= 0.3 is 5.97 Å². The Morgan fingerprint density at radius 3 is 2.48 bits per heavy atom. The maximum absolute atomic E-state index is 12.5. The summed E-state index contributed by atoms with van der Waals surface area (Å²) in [7, 11) is 0. The Kier molecular flexibility index (Phi) is 5.33. The molecule has 0 fully saturated rings. The first-order valence-corrected chi connectivity index (χ1v) is 8.23. The Hall–Kier alpha value is -1.99. The number of aliphatic carboxylic acids is 1. The minimum Gasteiger partial charge on any atom is -0.479 e. The van der Waals surface area contributed by atoms with E-state index in [1.165, 1.54) is 0 Å². The average Bonchev–Trinajstić information content (AvgIpc) is 3.02. The van der Waals surface area contributed by atoms with Crippen LogP contribution in [0.5, 0.6) is 0 Å². The van der Waals surface area contributed by atoms with Crippen molar-refractivity contribution in [1.29, 1.82) is 0 Å². The molecule has 1 heterocycles. The lowest BCUT2D eigenvalue weighted by Gasteiger charge is -2.29. The van der Waals surface area contributed by atoms with Gasteiger partial charge in [0, 0.05) is 5.02 Å². The minimum atomic E-state index is -1.53. The summed E-state index contributed by atoms with van der Waals surface area (Å²) in [6.45, 7) is 3.56. The van der Waals surface area contributed by atoms with E-state index in [9.17, 15) is 14.7 Å². The first kappa shape index (κ1) is 17.4. The topological polar surface area (TPSA) is 92.2 Å². The number of halogens is 1. The van der Waals surface area contributed by atoms with Crippen LogP contribution in [0.1, 0.15) is 41.2 Å². The zero-order chi connectivity index (χ0) is 17.0. The third-order valence-corrected chi connectivity index (χ3v) is 4.68. The lowest BCUT2D eigenvalue weighted by Crippen LogP contribution is -2.51. The molecular formula is C15H16ClN3O3S. The molecular weight excluding hydrogens is 338 g/mol. The SMILES string of the molecule is CCc1nnsc1C(=O)NC(CC)(C(=O)O)c1ccc(Cl)cc1. The summed E-state index contributed by atoms with van der Waals surface area (Å²) in [6.07, 6.45) is 0.732. The number of benzene rings is 1. The second kappa shape index (κ2) is 7.06. The first-order chi connectivity index (χ1) is 10.9. The summed E-state index contributed by atoms with van der Waals surface area (Å²) in [5.41, 5.74) is -0.517. The zero-order valence-corrected chi connectivity index (χ0v) is 14.2. The molecule has 1 aromatic carbocycles. The minimum absolute atomic E-state index is 0.184. The molecule has 6 nitrogen and oxygen atoms in total. The first-order valence-electron chi connectivity index (χ1n) is 7.07. The van der Waals surface area contributed by atoms with Gasteiger partial charge in [0.2, 0.25) is 0 Å². The van der Waals surface area contributed by atoms with Crippen molar-refractivity contribution in [2.45, 2.75) is 32.2 Å². The van der Waals surface area contributed by atoms with E-state index < -0.39 is 17.4 Å². The molecule has 0 saturated heterocycles. The monoisotopic (exact) mass is 353 g/mol. The number of carbonyl (C=O) groups excluding carboxylic acids is 1. The van der Waals surface area contributed by atoms with Crippen molar-refractivity contribution < 1.29 is 14.7 Å². The van der Waals surface area contributed by atoms with Crippen molar-refractivity contribution in [3.8, 4) is 0 Å². The average molecular weight is 354 g/mol. The van der Waals surface area contributed by atoms with Gasteiger partial charge in [-0.2, -0.15) is 0 Å². The molecule has 0 spiro atoms. The molecule has 1 amide bonds. The van der Waals surface area contributed by atoms with Crippen LogP contribution < -0.4 is 5.32 Å². The Balaban J connectivity index is 2.41. The standard InChI is InChI=1S/C15H16ClN3O3S/c1-3-11-12(23-19-18-11)13(20)17-15(4-2,14(21)22)9-5-7-10(16)8-6-9/h5-8H,3-4H2,1-2H3,(H,17,20)(H,21,22). The van der Waals surface area contributed by atoms with Crippen LogP contribution in [0, 0.1) is 0 Å². The second-order valence-electron chi connectivity index (χ2n) is 4.93. The molecule has 1 atom stereocenters. The van der Waals surface area contributed by atoms with Crippen LogP contribution in [0.3, 0.4) is 0 Å². The molecule has 8 heteroatoms. The molecule has 1 aromatic heterocycles. The molecule has 1 unspecified atom stereocenters.